The predicted molar refractivity (Wildman–Crippen MR) is 118 cm³/mol. The highest BCUT2D eigenvalue weighted by atomic mass is 16.2. The fourth-order valence-electron chi connectivity index (χ4n) is 3.72. The molecule has 0 radical (unpaired) electrons. The Kier molecular flexibility index (Phi) is 6.91. The summed E-state index contributed by atoms with van der Waals surface area (Å²) < 4.78 is 0. The second-order valence-corrected chi connectivity index (χ2v) is 8.06. The number of carbonyl (C=O) groups is 2. The average molecular weight is 394 g/mol. The Morgan fingerprint density at radius 1 is 1.10 bits per heavy atom. The number of hydrogen-bond donors (Lipinski definition) is 1. The highest BCUT2D eigenvalue weighted by molar-refractivity contribution is 5.97. The quantitative estimate of drug-likeness (QED) is 0.810. The maximum absolute atomic E-state index is 12.4. The lowest BCUT2D eigenvalue weighted by Crippen LogP contribution is -2.39. The fraction of sp³-hybridized carbons (Fsp3) is 0.417. The molecule has 1 fully saturated rings. The molecule has 5 nitrogen and oxygen atoms in total. The van der Waals surface area contributed by atoms with Crippen molar-refractivity contribution in [2.24, 2.45) is 5.92 Å². The van der Waals surface area contributed by atoms with Gasteiger partial charge in [-0.1, -0.05) is 36.8 Å². The first-order chi connectivity index (χ1) is 13.9. The van der Waals surface area contributed by atoms with Gasteiger partial charge in [0, 0.05) is 37.9 Å². The van der Waals surface area contributed by atoms with E-state index in [1.807, 2.05) is 55.5 Å². The number of rotatable bonds is 6. The Morgan fingerprint density at radius 3 is 2.41 bits per heavy atom. The van der Waals surface area contributed by atoms with Gasteiger partial charge < -0.3 is 15.1 Å². The summed E-state index contributed by atoms with van der Waals surface area (Å²) in [5.41, 5.74) is 4.13. The Bertz CT molecular complexity index is 839. The van der Waals surface area contributed by atoms with Crippen LogP contribution in [0.4, 0.5) is 11.4 Å². The van der Waals surface area contributed by atoms with Gasteiger partial charge >= 0.3 is 0 Å². The van der Waals surface area contributed by atoms with Crippen LogP contribution in [0.15, 0.2) is 48.5 Å². The average Bonchev–Trinajstić information content (AvgIpc) is 2.71. The van der Waals surface area contributed by atoms with E-state index in [2.05, 4.69) is 17.1 Å². The molecule has 0 saturated carbocycles. The maximum atomic E-state index is 12.4. The Hall–Kier alpha value is -2.82. The van der Waals surface area contributed by atoms with Gasteiger partial charge in [-0.05, 0) is 55.5 Å². The van der Waals surface area contributed by atoms with E-state index in [0.717, 1.165) is 35.8 Å². The molecule has 0 unspecified atom stereocenters. The molecule has 2 aromatic carbocycles. The minimum absolute atomic E-state index is 0.0156. The second kappa shape index (κ2) is 9.59. The monoisotopic (exact) mass is 393 g/mol. The predicted octanol–water partition coefficient (Wildman–Crippen LogP) is 3.90. The maximum Gasteiger partial charge on any atom is 0.240 e. The van der Waals surface area contributed by atoms with Gasteiger partial charge in [0.25, 0.3) is 0 Å². The number of carbonyl (C=O) groups excluding carboxylic acids is 2. The SMILES string of the molecule is CC(=O)N(CC(=O)NCc1cccc(C)c1)c1ccc(N2CCC(C)CC2)cc1. The van der Waals surface area contributed by atoms with Crippen LogP contribution in [-0.2, 0) is 16.1 Å². The van der Waals surface area contributed by atoms with Crippen LogP contribution in [0.25, 0.3) is 0 Å². The van der Waals surface area contributed by atoms with Crippen molar-refractivity contribution in [1.82, 2.24) is 5.32 Å². The van der Waals surface area contributed by atoms with E-state index in [9.17, 15) is 9.59 Å². The molecule has 29 heavy (non-hydrogen) atoms. The number of anilines is 2. The fourth-order valence-corrected chi connectivity index (χ4v) is 3.72. The molecule has 1 N–H and O–H groups in total. The van der Waals surface area contributed by atoms with Crippen LogP contribution in [-0.4, -0.2) is 31.4 Å². The van der Waals surface area contributed by atoms with Crippen molar-refractivity contribution in [2.45, 2.75) is 40.2 Å². The lowest BCUT2D eigenvalue weighted by molar-refractivity contribution is -0.123. The van der Waals surface area contributed by atoms with Crippen molar-refractivity contribution >= 4 is 23.2 Å². The van der Waals surface area contributed by atoms with Crippen molar-refractivity contribution in [3.8, 4) is 0 Å². The summed E-state index contributed by atoms with van der Waals surface area (Å²) in [6, 6.07) is 16.0. The van der Waals surface area contributed by atoms with E-state index < -0.39 is 0 Å². The first-order valence-electron chi connectivity index (χ1n) is 10.4. The molecule has 154 valence electrons. The topological polar surface area (TPSA) is 52.7 Å². The van der Waals surface area contributed by atoms with Crippen LogP contribution in [0.1, 0.15) is 37.8 Å². The summed E-state index contributed by atoms with van der Waals surface area (Å²) in [5.74, 6) is 0.475. The van der Waals surface area contributed by atoms with Gasteiger partial charge in [-0.2, -0.15) is 0 Å². The van der Waals surface area contributed by atoms with Gasteiger partial charge in [-0.15, -0.1) is 0 Å². The second-order valence-electron chi connectivity index (χ2n) is 8.06. The van der Waals surface area contributed by atoms with E-state index in [-0.39, 0.29) is 18.4 Å². The zero-order valence-corrected chi connectivity index (χ0v) is 17.6. The third-order valence-electron chi connectivity index (χ3n) is 5.56. The van der Waals surface area contributed by atoms with Gasteiger partial charge in [-0.25, -0.2) is 0 Å². The molecule has 0 aliphatic carbocycles. The Balaban J connectivity index is 1.60. The molecule has 2 amide bonds. The van der Waals surface area contributed by atoms with Crippen LogP contribution in [0.5, 0.6) is 0 Å². The zero-order valence-electron chi connectivity index (χ0n) is 17.6. The smallest absolute Gasteiger partial charge is 0.240 e. The van der Waals surface area contributed by atoms with Crippen molar-refractivity contribution in [1.29, 1.82) is 0 Å². The van der Waals surface area contributed by atoms with Crippen LogP contribution in [0, 0.1) is 12.8 Å². The van der Waals surface area contributed by atoms with Crippen molar-refractivity contribution < 1.29 is 9.59 Å². The molecule has 1 aliphatic heterocycles. The Labute approximate surface area is 173 Å². The Morgan fingerprint density at radius 2 is 1.79 bits per heavy atom. The molecule has 0 aromatic heterocycles. The van der Waals surface area contributed by atoms with Crippen molar-refractivity contribution in [2.75, 3.05) is 29.4 Å². The summed E-state index contributed by atoms with van der Waals surface area (Å²) in [4.78, 5) is 28.5. The third-order valence-corrected chi connectivity index (χ3v) is 5.56. The molecular weight excluding hydrogens is 362 g/mol. The lowest BCUT2D eigenvalue weighted by atomic mass is 9.99. The van der Waals surface area contributed by atoms with E-state index in [1.165, 1.54) is 30.4 Å². The standard InChI is InChI=1S/C24H31N3O2/c1-18-11-13-26(14-12-18)22-7-9-23(10-8-22)27(20(3)28)17-24(29)25-16-21-6-4-5-19(2)15-21/h4-10,15,18H,11-14,16-17H2,1-3H3,(H,25,29). The first-order valence-corrected chi connectivity index (χ1v) is 10.4. The summed E-state index contributed by atoms with van der Waals surface area (Å²) >= 11 is 0. The molecule has 1 heterocycles. The zero-order chi connectivity index (χ0) is 20.8. The number of amides is 2. The molecule has 3 rings (SSSR count). The molecule has 0 atom stereocenters. The van der Waals surface area contributed by atoms with Crippen LogP contribution < -0.4 is 15.1 Å². The number of piperidine rings is 1. The molecule has 1 aliphatic rings. The normalized spacial score (nSPS) is 14.5. The molecule has 5 heteroatoms. The van der Waals surface area contributed by atoms with Gasteiger partial charge in [0.1, 0.15) is 6.54 Å². The number of nitrogens with zero attached hydrogens (tertiary/aromatic N) is 2. The summed E-state index contributed by atoms with van der Waals surface area (Å²) in [6.45, 7) is 8.43. The highest BCUT2D eigenvalue weighted by Gasteiger charge is 2.18. The van der Waals surface area contributed by atoms with Crippen molar-refractivity contribution in [3.63, 3.8) is 0 Å². The van der Waals surface area contributed by atoms with E-state index >= 15 is 0 Å². The molecule has 1 saturated heterocycles. The number of nitrogens with one attached hydrogen (secondary N) is 1. The summed E-state index contributed by atoms with van der Waals surface area (Å²) in [5, 5.41) is 2.91. The third kappa shape index (κ3) is 5.83. The molecule has 2 aromatic rings. The molecular formula is C24H31N3O2. The largest absolute Gasteiger partial charge is 0.372 e. The number of benzene rings is 2. The highest BCUT2D eigenvalue weighted by Crippen LogP contribution is 2.25. The number of hydrogen-bond acceptors (Lipinski definition) is 3. The van der Waals surface area contributed by atoms with Gasteiger partial charge in [-0.3, -0.25) is 9.59 Å². The molecule has 0 bridgehead atoms. The summed E-state index contributed by atoms with van der Waals surface area (Å²) in [7, 11) is 0. The molecule has 0 spiro atoms. The van der Waals surface area contributed by atoms with E-state index in [4.69, 9.17) is 0 Å². The lowest BCUT2D eigenvalue weighted by Gasteiger charge is -2.32. The minimum Gasteiger partial charge on any atom is -0.372 e. The minimum atomic E-state index is -0.171. The first kappa shape index (κ1) is 20.9. The van der Waals surface area contributed by atoms with Crippen LogP contribution in [0.2, 0.25) is 0 Å². The van der Waals surface area contributed by atoms with E-state index in [0.29, 0.717) is 6.54 Å². The van der Waals surface area contributed by atoms with Crippen LogP contribution in [0.3, 0.4) is 0 Å². The number of aryl methyl sites for hydroxylation is 1. The van der Waals surface area contributed by atoms with Gasteiger partial charge in [0.2, 0.25) is 11.8 Å². The van der Waals surface area contributed by atoms with Gasteiger partial charge in [0.15, 0.2) is 0 Å². The van der Waals surface area contributed by atoms with E-state index in [1.54, 1.807) is 0 Å². The van der Waals surface area contributed by atoms with Gasteiger partial charge in [0.05, 0.1) is 0 Å². The summed E-state index contributed by atoms with van der Waals surface area (Å²) in [6.07, 6.45) is 2.42. The van der Waals surface area contributed by atoms with Crippen molar-refractivity contribution in [3.05, 3.63) is 59.7 Å². The van der Waals surface area contributed by atoms with Crippen LogP contribution >= 0.6 is 0 Å².